The molecule has 2 heterocycles. The quantitative estimate of drug-likeness (QED) is 0.761. The highest BCUT2D eigenvalue weighted by molar-refractivity contribution is 6.31. The van der Waals surface area contributed by atoms with Crippen LogP contribution in [0, 0.1) is 0 Å². The van der Waals surface area contributed by atoms with Gasteiger partial charge in [-0.25, -0.2) is 0 Å². The largest absolute Gasteiger partial charge is 0.361 e. The molecule has 0 radical (unpaired) electrons. The van der Waals surface area contributed by atoms with Crippen molar-refractivity contribution < 1.29 is 0 Å². The molecule has 0 aliphatic carbocycles. The predicted molar refractivity (Wildman–Crippen MR) is 71.7 cm³/mol. The zero-order chi connectivity index (χ0) is 11.7. The van der Waals surface area contributed by atoms with Crippen molar-refractivity contribution in [2.75, 3.05) is 19.6 Å². The molecule has 1 fully saturated rings. The van der Waals surface area contributed by atoms with Crippen LogP contribution in [0.4, 0.5) is 0 Å². The molecule has 1 saturated heterocycles. The molecule has 3 nitrogen and oxygen atoms in total. The third-order valence-electron chi connectivity index (χ3n) is 3.32. The Balaban J connectivity index is 1.84. The average Bonchev–Trinajstić information content (AvgIpc) is 2.73. The van der Waals surface area contributed by atoms with Crippen LogP contribution in [0.1, 0.15) is 5.56 Å². The molecule has 1 aliphatic rings. The standard InChI is InChI=1S/C13H16ClN3/c14-10-1-2-12-9(7-17-13(12)6-10)5-11-8-15-3-4-16-11/h1-2,6-7,11,15-17H,3-5,8H2. The number of fused-ring (bicyclic) bond motifs is 1. The second-order valence-corrected chi connectivity index (χ2v) is 5.00. The lowest BCUT2D eigenvalue weighted by Crippen LogP contribution is -2.49. The van der Waals surface area contributed by atoms with Gasteiger partial charge in [-0.15, -0.1) is 0 Å². The minimum atomic E-state index is 0.526. The minimum absolute atomic E-state index is 0.526. The van der Waals surface area contributed by atoms with Gasteiger partial charge in [0, 0.05) is 47.8 Å². The molecule has 17 heavy (non-hydrogen) atoms. The number of aromatic amines is 1. The number of nitrogens with one attached hydrogen (secondary N) is 3. The van der Waals surface area contributed by atoms with Gasteiger partial charge in [0.25, 0.3) is 0 Å². The van der Waals surface area contributed by atoms with Crippen molar-refractivity contribution in [1.29, 1.82) is 0 Å². The second-order valence-electron chi connectivity index (χ2n) is 4.56. The van der Waals surface area contributed by atoms with Crippen LogP contribution in [0.2, 0.25) is 5.02 Å². The van der Waals surface area contributed by atoms with Gasteiger partial charge in [-0.3, -0.25) is 0 Å². The summed E-state index contributed by atoms with van der Waals surface area (Å²) in [6, 6.07) is 6.55. The molecular weight excluding hydrogens is 234 g/mol. The average molecular weight is 250 g/mol. The van der Waals surface area contributed by atoms with Crippen molar-refractivity contribution in [3.05, 3.63) is 35.0 Å². The van der Waals surface area contributed by atoms with Crippen molar-refractivity contribution >= 4 is 22.5 Å². The van der Waals surface area contributed by atoms with Crippen molar-refractivity contribution in [3.63, 3.8) is 0 Å². The number of rotatable bonds is 2. The molecule has 3 rings (SSSR count). The van der Waals surface area contributed by atoms with E-state index in [0.29, 0.717) is 6.04 Å². The molecule has 3 N–H and O–H groups in total. The highest BCUT2D eigenvalue weighted by Gasteiger charge is 2.14. The van der Waals surface area contributed by atoms with Crippen LogP contribution in [0.15, 0.2) is 24.4 Å². The highest BCUT2D eigenvalue weighted by Crippen LogP contribution is 2.23. The lowest BCUT2D eigenvalue weighted by atomic mass is 10.0. The van der Waals surface area contributed by atoms with Gasteiger partial charge in [0.1, 0.15) is 0 Å². The third-order valence-corrected chi connectivity index (χ3v) is 3.56. The number of benzene rings is 1. The molecular formula is C13H16ClN3. The molecule has 1 aromatic carbocycles. The summed E-state index contributed by atoms with van der Waals surface area (Å²) in [6.45, 7) is 3.17. The Hall–Kier alpha value is -1.03. The first-order valence-corrected chi connectivity index (χ1v) is 6.40. The van der Waals surface area contributed by atoms with E-state index in [1.165, 1.54) is 10.9 Å². The van der Waals surface area contributed by atoms with Gasteiger partial charge in [-0.2, -0.15) is 0 Å². The zero-order valence-corrected chi connectivity index (χ0v) is 10.3. The summed E-state index contributed by atoms with van der Waals surface area (Å²) < 4.78 is 0. The molecule has 0 saturated carbocycles. The van der Waals surface area contributed by atoms with E-state index in [1.54, 1.807) is 0 Å². The fraction of sp³-hybridized carbons (Fsp3) is 0.385. The Morgan fingerprint density at radius 2 is 2.24 bits per heavy atom. The van der Waals surface area contributed by atoms with Gasteiger partial charge in [-0.05, 0) is 24.1 Å². The first-order chi connectivity index (χ1) is 8.33. The van der Waals surface area contributed by atoms with Crippen LogP contribution in [-0.4, -0.2) is 30.7 Å². The van der Waals surface area contributed by atoms with E-state index >= 15 is 0 Å². The summed E-state index contributed by atoms with van der Waals surface area (Å²) >= 11 is 5.98. The van der Waals surface area contributed by atoms with E-state index in [0.717, 1.165) is 36.6 Å². The Labute approximate surface area is 106 Å². The van der Waals surface area contributed by atoms with Gasteiger partial charge in [-0.1, -0.05) is 17.7 Å². The summed E-state index contributed by atoms with van der Waals surface area (Å²) in [5, 5.41) is 9.00. The highest BCUT2D eigenvalue weighted by atomic mass is 35.5. The van der Waals surface area contributed by atoms with Crippen molar-refractivity contribution in [2.24, 2.45) is 0 Å². The van der Waals surface area contributed by atoms with Gasteiger partial charge >= 0.3 is 0 Å². The lowest BCUT2D eigenvalue weighted by Gasteiger charge is -2.24. The molecule has 1 unspecified atom stereocenters. The molecule has 0 amide bonds. The molecule has 1 aromatic heterocycles. The number of hydrogen-bond acceptors (Lipinski definition) is 2. The van der Waals surface area contributed by atoms with E-state index in [2.05, 4.69) is 27.9 Å². The summed E-state index contributed by atoms with van der Waals surface area (Å²) in [5.41, 5.74) is 2.48. The number of aromatic nitrogens is 1. The molecule has 1 aliphatic heterocycles. The second kappa shape index (κ2) is 4.69. The fourth-order valence-electron chi connectivity index (χ4n) is 2.45. The molecule has 1 atom stereocenters. The summed E-state index contributed by atoms with van der Waals surface area (Å²) in [4.78, 5) is 3.29. The van der Waals surface area contributed by atoms with Crippen LogP contribution in [0.5, 0.6) is 0 Å². The Bertz CT molecular complexity index is 514. The molecule has 4 heteroatoms. The van der Waals surface area contributed by atoms with Crippen LogP contribution >= 0.6 is 11.6 Å². The van der Waals surface area contributed by atoms with Crippen LogP contribution in [0.3, 0.4) is 0 Å². The maximum absolute atomic E-state index is 5.98. The number of H-pyrrole nitrogens is 1. The maximum atomic E-state index is 5.98. The topological polar surface area (TPSA) is 39.8 Å². The smallest absolute Gasteiger partial charge is 0.0471 e. The number of halogens is 1. The van der Waals surface area contributed by atoms with Crippen molar-refractivity contribution in [3.8, 4) is 0 Å². The van der Waals surface area contributed by atoms with Gasteiger partial charge in [0.05, 0.1) is 0 Å². The lowest BCUT2D eigenvalue weighted by molar-refractivity contribution is 0.417. The zero-order valence-electron chi connectivity index (χ0n) is 9.59. The van der Waals surface area contributed by atoms with Crippen molar-refractivity contribution in [2.45, 2.75) is 12.5 Å². The number of hydrogen-bond donors (Lipinski definition) is 3. The SMILES string of the molecule is Clc1ccc2c(CC3CNCCN3)c[nH]c2c1. The van der Waals surface area contributed by atoms with Crippen LogP contribution in [-0.2, 0) is 6.42 Å². The van der Waals surface area contributed by atoms with Gasteiger partial charge < -0.3 is 15.6 Å². The third kappa shape index (κ3) is 2.32. The first-order valence-electron chi connectivity index (χ1n) is 6.02. The predicted octanol–water partition coefficient (Wildman–Crippen LogP) is 1.93. The molecule has 0 bridgehead atoms. The Morgan fingerprint density at radius 1 is 1.29 bits per heavy atom. The van der Waals surface area contributed by atoms with Crippen molar-refractivity contribution in [1.82, 2.24) is 15.6 Å². The van der Waals surface area contributed by atoms with Gasteiger partial charge in [0.2, 0.25) is 0 Å². The monoisotopic (exact) mass is 249 g/mol. The first kappa shape index (κ1) is 11.1. The van der Waals surface area contributed by atoms with E-state index in [4.69, 9.17) is 11.6 Å². The minimum Gasteiger partial charge on any atom is -0.361 e. The molecule has 90 valence electrons. The Morgan fingerprint density at radius 3 is 3.06 bits per heavy atom. The fourth-order valence-corrected chi connectivity index (χ4v) is 2.62. The van der Waals surface area contributed by atoms with E-state index in [-0.39, 0.29) is 0 Å². The number of piperazine rings is 1. The Kier molecular flexibility index (Phi) is 3.05. The molecule has 0 spiro atoms. The summed E-state index contributed by atoms with van der Waals surface area (Å²) in [6.07, 6.45) is 3.14. The van der Waals surface area contributed by atoms with E-state index in [1.807, 2.05) is 12.1 Å². The van der Waals surface area contributed by atoms with E-state index < -0.39 is 0 Å². The normalized spacial score (nSPS) is 20.9. The molecule has 2 aromatic rings. The van der Waals surface area contributed by atoms with Crippen LogP contribution < -0.4 is 10.6 Å². The van der Waals surface area contributed by atoms with Gasteiger partial charge in [0.15, 0.2) is 0 Å². The summed E-state index contributed by atoms with van der Waals surface area (Å²) in [7, 11) is 0. The van der Waals surface area contributed by atoms with Crippen LogP contribution in [0.25, 0.3) is 10.9 Å². The van der Waals surface area contributed by atoms with E-state index in [9.17, 15) is 0 Å². The summed E-state index contributed by atoms with van der Waals surface area (Å²) in [5.74, 6) is 0. The maximum Gasteiger partial charge on any atom is 0.0471 e.